The van der Waals surface area contributed by atoms with Crippen molar-refractivity contribution in [3.8, 4) is 0 Å². The Morgan fingerprint density at radius 1 is 1.38 bits per heavy atom. The number of anilines is 1. The van der Waals surface area contributed by atoms with E-state index in [1.807, 2.05) is 6.92 Å². The summed E-state index contributed by atoms with van der Waals surface area (Å²) in [6, 6.07) is 4.85. The first-order chi connectivity index (χ1) is 10.2. The molecule has 1 amide bonds. The van der Waals surface area contributed by atoms with Gasteiger partial charge in [-0.05, 0) is 37.1 Å². The number of nitrogens with zero attached hydrogens (tertiary/aromatic N) is 1. The molecule has 0 aliphatic carbocycles. The van der Waals surface area contributed by atoms with Gasteiger partial charge in [-0.3, -0.25) is 9.69 Å². The second-order valence-corrected chi connectivity index (χ2v) is 5.27. The normalized spacial score (nSPS) is 15.9. The van der Waals surface area contributed by atoms with E-state index in [1.54, 1.807) is 12.1 Å². The zero-order valence-electron chi connectivity index (χ0n) is 12.5. The van der Waals surface area contributed by atoms with Crippen LogP contribution in [0.4, 0.5) is 10.1 Å². The number of ether oxygens (including phenoxy) is 1. The van der Waals surface area contributed by atoms with Crippen LogP contribution < -0.4 is 5.32 Å². The van der Waals surface area contributed by atoms with E-state index in [4.69, 9.17) is 4.74 Å². The highest BCUT2D eigenvalue weighted by Crippen LogP contribution is 2.17. The summed E-state index contributed by atoms with van der Waals surface area (Å²) in [4.78, 5) is 14.2. The fourth-order valence-electron chi connectivity index (χ4n) is 2.39. The molecular weight excluding hydrogens is 271 g/mol. The molecule has 1 aromatic carbocycles. The Balaban J connectivity index is 1.76. The molecule has 0 aromatic heterocycles. The largest absolute Gasteiger partial charge is 0.379 e. The Bertz CT molecular complexity index is 473. The number of halogens is 1. The molecule has 1 aliphatic rings. The van der Waals surface area contributed by atoms with Gasteiger partial charge in [0.2, 0.25) is 5.91 Å². The minimum atomic E-state index is -0.381. The highest BCUT2D eigenvalue weighted by molar-refractivity contribution is 5.90. The third kappa shape index (κ3) is 5.10. The molecule has 0 atom stereocenters. The molecule has 0 unspecified atom stereocenters. The van der Waals surface area contributed by atoms with Crippen molar-refractivity contribution in [2.75, 3.05) is 38.2 Å². The van der Waals surface area contributed by atoms with E-state index in [-0.39, 0.29) is 17.4 Å². The second kappa shape index (κ2) is 8.10. The van der Waals surface area contributed by atoms with Crippen molar-refractivity contribution >= 4 is 11.6 Å². The first-order valence-corrected chi connectivity index (χ1v) is 7.57. The topological polar surface area (TPSA) is 41.6 Å². The van der Waals surface area contributed by atoms with Crippen LogP contribution in [0.25, 0.3) is 0 Å². The molecule has 1 aliphatic heterocycles. The van der Waals surface area contributed by atoms with Gasteiger partial charge in [0.1, 0.15) is 5.82 Å². The average Bonchev–Trinajstić information content (AvgIpc) is 2.50. The van der Waals surface area contributed by atoms with Crippen molar-refractivity contribution in [3.05, 3.63) is 29.6 Å². The minimum absolute atomic E-state index is 0.129. The lowest BCUT2D eigenvalue weighted by molar-refractivity contribution is -0.116. The summed E-state index contributed by atoms with van der Waals surface area (Å²) < 4.78 is 18.9. The van der Waals surface area contributed by atoms with Crippen LogP contribution in [0.1, 0.15) is 25.3 Å². The Hall–Kier alpha value is -1.46. The Morgan fingerprint density at radius 2 is 2.14 bits per heavy atom. The van der Waals surface area contributed by atoms with E-state index in [0.717, 1.165) is 51.3 Å². The number of morpholine rings is 1. The van der Waals surface area contributed by atoms with Crippen LogP contribution in [-0.2, 0) is 16.0 Å². The number of hydrogen-bond acceptors (Lipinski definition) is 3. The van der Waals surface area contributed by atoms with E-state index < -0.39 is 0 Å². The van der Waals surface area contributed by atoms with E-state index in [0.29, 0.717) is 6.42 Å². The Kier molecular flexibility index (Phi) is 6.14. The third-order valence-electron chi connectivity index (χ3n) is 3.69. The van der Waals surface area contributed by atoms with Crippen molar-refractivity contribution < 1.29 is 13.9 Å². The predicted molar refractivity (Wildman–Crippen MR) is 80.9 cm³/mol. The Morgan fingerprint density at radius 3 is 2.86 bits per heavy atom. The summed E-state index contributed by atoms with van der Waals surface area (Å²) in [6.45, 7) is 6.27. The van der Waals surface area contributed by atoms with Gasteiger partial charge in [0.25, 0.3) is 0 Å². The third-order valence-corrected chi connectivity index (χ3v) is 3.69. The fourth-order valence-corrected chi connectivity index (χ4v) is 2.39. The van der Waals surface area contributed by atoms with E-state index >= 15 is 0 Å². The van der Waals surface area contributed by atoms with Gasteiger partial charge in [0.05, 0.1) is 18.9 Å². The summed E-state index contributed by atoms with van der Waals surface area (Å²) >= 11 is 0. The zero-order chi connectivity index (χ0) is 15.1. The van der Waals surface area contributed by atoms with Crippen molar-refractivity contribution in [1.29, 1.82) is 0 Å². The smallest absolute Gasteiger partial charge is 0.224 e. The van der Waals surface area contributed by atoms with Crippen LogP contribution in [-0.4, -0.2) is 43.7 Å². The Labute approximate surface area is 125 Å². The molecule has 21 heavy (non-hydrogen) atoms. The molecule has 5 heteroatoms. The number of hydrogen-bond donors (Lipinski definition) is 1. The molecule has 1 heterocycles. The molecule has 1 fully saturated rings. The maximum atomic E-state index is 13.6. The SMILES string of the molecule is CCc1ccc(F)c(NC(=O)CCCN2CCOCC2)c1. The van der Waals surface area contributed by atoms with Gasteiger partial charge < -0.3 is 10.1 Å². The molecule has 0 bridgehead atoms. The van der Waals surface area contributed by atoms with Crippen molar-refractivity contribution in [1.82, 2.24) is 4.90 Å². The van der Waals surface area contributed by atoms with Gasteiger partial charge in [-0.1, -0.05) is 13.0 Å². The molecule has 1 saturated heterocycles. The van der Waals surface area contributed by atoms with Crippen LogP contribution in [0.2, 0.25) is 0 Å². The lowest BCUT2D eigenvalue weighted by atomic mass is 10.1. The molecule has 4 nitrogen and oxygen atoms in total. The van der Waals surface area contributed by atoms with Crippen LogP contribution in [0.15, 0.2) is 18.2 Å². The zero-order valence-corrected chi connectivity index (χ0v) is 12.5. The lowest BCUT2D eigenvalue weighted by Gasteiger charge is -2.26. The number of aryl methyl sites for hydroxylation is 1. The monoisotopic (exact) mass is 294 g/mol. The quantitative estimate of drug-likeness (QED) is 0.876. The predicted octanol–water partition coefficient (Wildman–Crippen LogP) is 2.44. The molecule has 0 radical (unpaired) electrons. The number of amides is 1. The average molecular weight is 294 g/mol. The van der Waals surface area contributed by atoms with E-state index in [2.05, 4.69) is 10.2 Å². The summed E-state index contributed by atoms with van der Waals surface area (Å²) in [5, 5.41) is 2.67. The molecule has 1 N–H and O–H groups in total. The van der Waals surface area contributed by atoms with E-state index in [9.17, 15) is 9.18 Å². The van der Waals surface area contributed by atoms with Gasteiger partial charge in [-0.2, -0.15) is 0 Å². The number of carbonyl (C=O) groups excluding carboxylic acids is 1. The highest BCUT2D eigenvalue weighted by atomic mass is 19.1. The van der Waals surface area contributed by atoms with Gasteiger partial charge in [-0.25, -0.2) is 4.39 Å². The van der Waals surface area contributed by atoms with E-state index in [1.165, 1.54) is 6.07 Å². The highest BCUT2D eigenvalue weighted by Gasteiger charge is 2.11. The maximum absolute atomic E-state index is 13.6. The molecule has 116 valence electrons. The standard InChI is InChI=1S/C16H23FN2O2/c1-2-13-5-6-14(17)15(12-13)18-16(20)4-3-7-19-8-10-21-11-9-19/h5-6,12H,2-4,7-11H2,1H3,(H,18,20). The second-order valence-electron chi connectivity index (χ2n) is 5.27. The molecule has 0 spiro atoms. The van der Waals surface area contributed by atoms with Crippen LogP contribution in [0, 0.1) is 5.82 Å². The van der Waals surface area contributed by atoms with Gasteiger partial charge in [-0.15, -0.1) is 0 Å². The summed E-state index contributed by atoms with van der Waals surface area (Å²) in [5.41, 5.74) is 1.30. The number of benzene rings is 1. The molecular formula is C16H23FN2O2. The summed E-state index contributed by atoms with van der Waals surface area (Å²) in [6.07, 6.45) is 2.01. The van der Waals surface area contributed by atoms with Gasteiger partial charge in [0.15, 0.2) is 0 Å². The lowest BCUT2D eigenvalue weighted by Crippen LogP contribution is -2.37. The number of carbonyl (C=O) groups is 1. The maximum Gasteiger partial charge on any atom is 0.224 e. The number of nitrogens with one attached hydrogen (secondary N) is 1. The van der Waals surface area contributed by atoms with Gasteiger partial charge >= 0.3 is 0 Å². The summed E-state index contributed by atoms with van der Waals surface area (Å²) in [5.74, 6) is -0.510. The van der Waals surface area contributed by atoms with Crippen molar-refractivity contribution in [3.63, 3.8) is 0 Å². The fraction of sp³-hybridized carbons (Fsp3) is 0.562. The van der Waals surface area contributed by atoms with Crippen LogP contribution >= 0.6 is 0 Å². The summed E-state index contributed by atoms with van der Waals surface area (Å²) in [7, 11) is 0. The first kappa shape index (κ1) is 15.9. The van der Waals surface area contributed by atoms with Crippen LogP contribution in [0.3, 0.4) is 0 Å². The van der Waals surface area contributed by atoms with Crippen LogP contribution in [0.5, 0.6) is 0 Å². The number of rotatable bonds is 6. The molecule has 0 saturated carbocycles. The molecule has 2 rings (SSSR count). The van der Waals surface area contributed by atoms with Crippen molar-refractivity contribution in [2.45, 2.75) is 26.2 Å². The van der Waals surface area contributed by atoms with Gasteiger partial charge in [0, 0.05) is 19.5 Å². The minimum Gasteiger partial charge on any atom is -0.379 e. The molecule has 1 aromatic rings. The van der Waals surface area contributed by atoms with Crippen molar-refractivity contribution in [2.24, 2.45) is 0 Å². The first-order valence-electron chi connectivity index (χ1n) is 7.57.